The van der Waals surface area contributed by atoms with Gasteiger partial charge in [-0.25, -0.2) is 9.13 Å². The Morgan fingerprint density at radius 2 is 0.535 bits per heavy atom. The molecule has 0 spiro atoms. The number of hydrogen-bond acceptors (Lipinski definition) is 15. The SMILES string of the molecule is CCCCCCCCCCCCCCCCCCCCCC(=O)O[C@H](COC(=O)CCCCCCCCCCCCC(C)C)COP(=O)(O)OC[C@@H](O)COP(=O)(O)OC[C@@H](COC(=O)CCCCCCCCC)OC(=O)CCCCCCCCC. The lowest BCUT2D eigenvalue weighted by Crippen LogP contribution is -2.30. The molecular formula is C67H130O17P2. The van der Waals surface area contributed by atoms with Gasteiger partial charge < -0.3 is 33.8 Å². The number of carbonyl (C=O) groups is 4. The van der Waals surface area contributed by atoms with Crippen LogP contribution in [0, 0.1) is 5.92 Å². The van der Waals surface area contributed by atoms with Gasteiger partial charge in [0.1, 0.15) is 19.3 Å². The van der Waals surface area contributed by atoms with Crippen molar-refractivity contribution in [3.05, 3.63) is 0 Å². The minimum Gasteiger partial charge on any atom is -0.462 e. The number of aliphatic hydroxyl groups excluding tert-OH is 1. The Kier molecular flexibility index (Phi) is 59.2. The summed E-state index contributed by atoms with van der Waals surface area (Å²) in [5.41, 5.74) is 0. The van der Waals surface area contributed by atoms with Crippen LogP contribution in [0.4, 0.5) is 0 Å². The first-order valence-electron chi connectivity index (χ1n) is 35.1. The van der Waals surface area contributed by atoms with E-state index in [4.69, 9.17) is 37.0 Å². The standard InChI is InChI=1S/C67H130O17P2/c1-6-9-12-15-18-19-20-21-22-23-24-25-26-27-28-33-38-43-48-53-67(72)84-63(57-78-65(70)51-46-41-37-32-30-29-31-36-39-44-49-60(4)5)59-82-86(75,76)80-55-61(68)54-79-85(73,74)81-58-62(83-66(71)52-47-42-35-17-14-11-8-3)56-77-64(69)50-45-40-34-16-13-10-7-2/h60-63,68H,6-59H2,1-5H3,(H,73,74)(H,75,76)/t61-,62+,63+/m0/s1. The first kappa shape index (κ1) is 84.1. The average Bonchev–Trinajstić information content (AvgIpc) is 3.57. The molecule has 0 aromatic rings. The fourth-order valence-corrected chi connectivity index (χ4v) is 11.7. The highest BCUT2D eigenvalue weighted by Crippen LogP contribution is 2.45. The molecule has 0 heterocycles. The van der Waals surface area contributed by atoms with E-state index < -0.39 is 97.5 Å². The van der Waals surface area contributed by atoms with Crippen molar-refractivity contribution in [3.63, 3.8) is 0 Å². The van der Waals surface area contributed by atoms with E-state index in [-0.39, 0.29) is 25.7 Å². The predicted octanol–water partition coefficient (Wildman–Crippen LogP) is 19.0. The van der Waals surface area contributed by atoms with Gasteiger partial charge in [-0.15, -0.1) is 0 Å². The fraction of sp³-hybridized carbons (Fsp3) is 0.940. The van der Waals surface area contributed by atoms with E-state index in [1.165, 1.54) is 141 Å². The van der Waals surface area contributed by atoms with Crippen LogP contribution in [0.1, 0.15) is 343 Å². The van der Waals surface area contributed by atoms with Crippen LogP contribution in [-0.4, -0.2) is 96.7 Å². The molecule has 510 valence electrons. The fourth-order valence-electron chi connectivity index (χ4n) is 10.1. The summed E-state index contributed by atoms with van der Waals surface area (Å²) in [5.74, 6) is -1.38. The Labute approximate surface area is 524 Å². The van der Waals surface area contributed by atoms with Crippen LogP contribution in [-0.2, 0) is 65.4 Å². The minimum absolute atomic E-state index is 0.103. The maximum absolute atomic E-state index is 13.0. The smallest absolute Gasteiger partial charge is 0.462 e. The average molecular weight is 1270 g/mol. The third-order valence-corrected chi connectivity index (χ3v) is 17.4. The molecule has 0 radical (unpaired) electrons. The Balaban J connectivity index is 5.14. The number of ether oxygens (including phenoxy) is 4. The predicted molar refractivity (Wildman–Crippen MR) is 345 cm³/mol. The largest absolute Gasteiger partial charge is 0.472 e. The van der Waals surface area contributed by atoms with E-state index in [1.807, 2.05) is 0 Å². The number of phosphoric ester groups is 2. The van der Waals surface area contributed by atoms with Gasteiger partial charge in [-0.2, -0.15) is 0 Å². The molecule has 0 aliphatic rings. The second-order valence-corrected chi connectivity index (χ2v) is 27.6. The number of esters is 4. The Hall–Kier alpha value is -1.94. The van der Waals surface area contributed by atoms with Gasteiger partial charge in [0.05, 0.1) is 26.4 Å². The summed E-state index contributed by atoms with van der Waals surface area (Å²) in [4.78, 5) is 72.1. The van der Waals surface area contributed by atoms with Crippen LogP contribution >= 0.6 is 15.6 Å². The van der Waals surface area contributed by atoms with E-state index in [1.54, 1.807) is 0 Å². The highest BCUT2D eigenvalue weighted by molar-refractivity contribution is 7.47. The molecule has 2 unspecified atom stereocenters. The van der Waals surface area contributed by atoms with E-state index in [9.17, 15) is 43.2 Å². The molecule has 0 bridgehead atoms. The normalized spacial score (nSPS) is 14.2. The number of phosphoric acid groups is 2. The summed E-state index contributed by atoms with van der Waals surface area (Å²) in [5, 5.41) is 10.5. The molecule has 0 fully saturated rings. The summed E-state index contributed by atoms with van der Waals surface area (Å²) in [7, 11) is -9.88. The van der Waals surface area contributed by atoms with E-state index >= 15 is 0 Å². The summed E-state index contributed by atoms with van der Waals surface area (Å²) < 4.78 is 67.9. The molecule has 17 nitrogen and oxygen atoms in total. The van der Waals surface area contributed by atoms with Gasteiger partial charge in [-0.1, -0.05) is 291 Å². The van der Waals surface area contributed by atoms with Gasteiger partial charge >= 0.3 is 39.5 Å². The lowest BCUT2D eigenvalue weighted by Gasteiger charge is -2.21. The minimum atomic E-state index is -4.95. The number of rotatable bonds is 67. The van der Waals surface area contributed by atoms with Gasteiger partial charge in [-0.05, 0) is 31.6 Å². The van der Waals surface area contributed by atoms with Crippen molar-refractivity contribution in [2.75, 3.05) is 39.6 Å². The molecular weight excluding hydrogens is 1140 g/mol. The first-order chi connectivity index (χ1) is 41.5. The molecule has 86 heavy (non-hydrogen) atoms. The first-order valence-corrected chi connectivity index (χ1v) is 38.1. The van der Waals surface area contributed by atoms with Gasteiger partial charge in [0.2, 0.25) is 0 Å². The third-order valence-electron chi connectivity index (χ3n) is 15.5. The molecule has 0 aliphatic heterocycles. The van der Waals surface area contributed by atoms with E-state index in [2.05, 4.69) is 34.6 Å². The van der Waals surface area contributed by atoms with Crippen molar-refractivity contribution < 1.29 is 80.2 Å². The lowest BCUT2D eigenvalue weighted by molar-refractivity contribution is -0.161. The van der Waals surface area contributed by atoms with Crippen LogP contribution in [0.2, 0.25) is 0 Å². The molecule has 0 saturated heterocycles. The van der Waals surface area contributed by atoms with Crippen LogP contribution in [0.25, 0.3) is 0 Å². The molecule has 0 rings (SSSR count). The van der Waals surface area contributed by atoms with Crippen molar-refractivity contribution in [3.8, 4) is 0 Å². The number of carbonyl (C=O) groups excluding carboxylic acids is 4. The van der Waals surface area contributed by atoms with Crippen LogP contribution in [0.15, 0.2) is 0 Å². The zero-order chi connectivity index (χ0) is 63.5. The van der Waals surface area contributed by atoms with Crippen molar-refractivity contribution in [1.29, 1.82) is 0 Å². The number of unbranched alkanes of at least 4 members (excludes halogenated alkanes) is 39. The molecule has 0 aromatic heterocycles. The lowest BCUT2D eigenvalue weighted by atomic mass is 10.0. The van der Waals surface area contributed by atoms with Gasteiger partial charge in [0.25, 0.3) is 0 Å². The van der Waals surface area contributed by atoms with Gasteiger partial charge in [0.15, 0.2) is 12.2 Å². The second kappa shape index (κ2) is 60.6. The van der Waals surface area contributed by atoms with Crippen molar-refractivity contribution >= 4 is 39.5 Å². The zero-order valence-corrected chi connectivity index (χ0v) is 57.2. The quantitative estimate of drug-likeness (QED) is 0.0222. The van der Waals surface area contributed by atoms with Crippen LogP contribution in [0.5, 0.6) is 0 Å². The molecule has 0 aliphatic carbocycles. The molecule has 5 atom stereocenters. The molecule has 19 heteroatoms. The van der Waals surface area contributed by atoms with Crippen LogP contribution in [0.3, 0.4) is 0 Å². The Bertz CT molecular complexity index is 1670. The summed E-state index contributed by atoms with van der Waals surface area (Å²) in [6, 6.07) is 0. The van der Waals surface area contributed by atoms with Crippen molar-refractivity contribution in [1.82, 2.24) is 0 Å². The monoisotopic (exact) mass is 1270 g/mol. The molecule has 3 N–H and O–H groups in total. The Morgan fingerprint density at radius 3 is 0.791 bits per heavy atom. The molecule has 0 saturated carbocycles. The maximum atomic E-state index is 13.0. The van der Waals surface area contributed by atoms with Crippen LogP contribution < -0.4 is 0 Å². The van der Waals surface area contributed by atoms with Gasteiger partial charge in [-0.3, -0.25) is 37.3 Å². The highest BCUT2D eigenvalue weighted by atomic mass is 31.2. The van der Waals surface area contributed by atoms with E-state index in [0.717, 1.165) is 121 Å². The van der Waals surface area contributed by atoms with Gasteiger partial charge in [0, 0.05) is 25.7 Å². The third kappa shape index (κ3) is 60.9. The number of hydrogen-bond donors (Lipinski definition) is 3. The highest BCUT2D eigenvalue weighted by Gasteiger charge is 2.30. The van der Waals surface area contributed by atoms with Crippen molar-refractivity contribution in [2.24, 2.45) is 5.92 Å². The van der Waals surface area contributed by atoms with E-state index in [0.29, 0.717) is 25.7 Å². The zero-order valence-electron chi connectivity index (χ0n) is 55.4. The number of aliphatic hydroxyl groups is 1. The summed E-state index contributed by atoms with van der Waals surface area (Å²) in [6.07, 6.45) is 46.2. The second-order valence-electron chi connectivity index (χ2n) is 24.7. The molecule has 0 amide bonds. The summed E-state index contributed by atoms with van der Waals surface area (Å²) in [6.45, 7) is 7.13. The Morgan fingerprint density at radius 1 is 0.314 bits per heavy atom. The summed E-state index contributed by atoms with van der Waals surface area (Å²) >= 11 is 0. The topological polar surface area (TPSA) is 237 Å². The van der Waals surface area contributed by atoms with Crippen molar-refractivity contribution in [2.45, 2.75) is 361 Å². The maximum Gasteiger partial charge on any atom is 0.472 e. The molecule has 0 aromatic carbocycles.